The lowest BCUT2D eigenvalue weighted by Gasteiger charge is -2.25. The lowest BCUT2D eigenvalue weighted by atomic mass is 9.99. The molecular formula is C13H22N2O3S. The van der Waals surface area contributed by atoms with Gasteiger partial charge < -0.3 is 4.74 Å². The Bertz CT molecular complexity index is 462. The van der Waals surface area contributed by atoms with Crippen molar-refractivity contribution in [3.05, 3.63) is 35.9 Å². The summed E-state index contributed by atoms with van der Waals surface area (Å²) in [4.78, 5) is 0. The van der Waals surface area contributed by atoms with Gasteiger partial charge in [-0.3, -0.25) is 11.3 Å². The molecule has 3 N–H and O–H groups in total. The molecule has 6 heteroatoms. The fourth-order valence-corrected chi connectivity index (χ4v) is 2.75. The summed E-state index contributed by atoms with van der Waals surface area (Å²) >= 11 is 0. The summed E-state index contributed by atoms with van der Waals surface area (Å²) in [6.07, 6.45) is 2.24. The van der Waals surface area contributed by atoms with Gasteiger partial charge in [0, 0.05) is 19.1 Å². The number of hydrogen-bond donors (Lipinski definition) is 2. The number of methoxy groups -OCH3 is 1. The van der Waals surface area contributed by atoms with Gasteiger partial charge in [0.05, 0.1) is 12.1 Å². The van der Waals surface area contributed by atoms with Crippen LogP contribution in [0.5, 0.6) is 0 Å². The maximum atomic E-state index is 11.1. The first-order chi connectivity index (χ1) is 8.98. The van der Waals surface area contributed by atoms with Crippen molar-refractivity contribution >= 4 is 9.84 Å². The van der Waals surface area contributed by atoms with E-state index in [1.165, 1.54) is 6.26 Å². The van der Waals surface area contributed by atoms with E-state index in [4.69, 9.17) is 10.6 Å². The Morgan fingerprint density at radius 3 is 2.42 bits per heavy atom. The zero-order chi connectivity index (χ0) is 14.3. The van der Waals surface area contributed by atoms with Crippen LogP contribution in [-0.2, 0) is 14.6 Å². The Morgan fingerprint density at radius 1 is 1.32 bits per heavy atom. The van der Waals surface area contributed by atoms with E-state index in [9.17, 15) is 8.42 Å². The number of benzene rings is 1. The van der Waals surface area contributed by atoms with E-state index in [1.807, 2.05) is 30.3 Å². The molecule has 0 aliphatic heterocycles. The van der Waals surface area contributed by atoms with Gasteiger partial charge in [-0.05, 0) is 18.4 Å². The van der Waals surface area contributed by atoms with Gasteiger partial charge in [0.15, 0.2) is 0 Å². The lowest BCUT2D eigenvalue weighted by Crippen LogP contribution is -2.40. The molecular weight excluding hydrogens is 264 g/mol. The number of nitrogens with two attached hydrogens (primary N) is 1. The summed E-state index contributed by atoms with van der Waals surface area (Å²) in [5.74, 6) is 5.72. The lowest BCUT2D eigenvalue weighted by molar-refractivity contribution is 0.0647. The highest BCUT2D eigenvalue weighted by atomic mass is 32.2. The Morgan fingerprint density at radius 2 is 1.95 bits per heavy atom. The zero-order valence-electron chi connectivity index (χ0n) is 11.4. The van der Waals surface area contributed by atoms with Crippen molar-refractivity contribution in [2.24, 2.45) is 5.84 Å². The second-order valence-corrected chi connectivity index (χ2v) is 6.87. The average Bonchev–Trinajstić information content (AvgIpc) is 2.37. The molecule has 1 aromatic carbocycles. The van der Waals surface area contributed by atoms with Crippen molar-refractivity contribution in [1.29, 1.82) is 0 Å². The average molecular weight is 286 g/mol. The number of rotatable bonds is 8. The number of hydrazine groups is 1. The molecule has 0 fully saturated rings. The first kappa shape index (κ1) is 16.1. The molecule has 2 atom stereocenters. The quantitative estimate of drug-likeness (QED) is 0.551. The van der Waals surface area contributed by atoms with Gasteiger partial charge in [-0.15, -0.1) is 0 Å². The smallest absolute Gasteiger partial charge is 0.147 e. The number of hydrogen-bond acceptors (Lipinski definition) is 5. The molecule has 0 saturated carbocycles. The minimum Gasteiger partial charge on any atom is -0.375 e. The molecule has 5 nitrogen and oxygen atoms in total. The standard InChI is InChI=1S/C13H22N2O3S/c1-18-13(11-7-4-3-5-8-11)12(15-14)9-6-10-19(2,16)17/h3-5,7-8,12-13,15H,6,9-10,14H2,1-2H3. The van der Waals surface area contributed by atoms with Crippen molar-refractivity contribution in [1.82, 2.24) is 5.43 Å². The van der Waals surface area contributed by atoms with Crippen molar-refractivity contribution in [3.63, 3.8) is 0 Å². The fourth-order valence-electron chi connectivity index (χ4n) is 2.06. The van der Waals surface area contributed by atoms with E-state index in [-0.39, 0.29) is 17.9 Å². The van der Waals surface area contributed by atoms with E-state index in [2.05, 4.69) is 5.43 Å². The molecule has 19 heavy (non-hydrogen) atoms. The minimum absolute atomic E-state index is 0.117. The van der Waals surface area contributed by atoms with Crippen LogP contribution in [0.1, 0.15) is 24.5 Å². The third-order valence-corrected chi connectivity index (χ3v) is 4.02. The predicted molar refractivity (Wildman–Crippen MR) is 76.2 cm³/mol. The van der Waals surface area contributed by atoms with Crippen LogP contribution in [-0.4, -0.2) is 33.6 Å². The minimum atomic E-state index is -2.93. The summed E-state index contributed by atoms with van der Waals surface area (Å²) < 4.78 is 27.7. The molecule has 0 radical (unpaired) electrons. The highest BCUT2D eigenvalue weighted by Crippen LogP contribution is 2.22. The van der Waals surface area contributed by atoms with Gasteiger partial charge in [-0.25, -0.2) is 8.42 Å². The van der Waals surface area contributed by atoms with Crippen molar-refractivity contribution in [3.8, 4) is 0 Å². The normalized spacial score (nSPS) is 15.1. The maximum Gasteiger partial charge on any atom is 0.147 e. The summed E-state index contributed by atoms with van der Waals surface area (Å²) in [6, 6.07) is 9.63. The number of nitrogens with one attached hydrogen (secondary N) is 1. The summed E-state index contributed by atoms with van der Waals surface area (Å²) in [7, 11) is -1.31. The fraction of sp³-hybridized carbons (Fsp3) is 0.538. The van der Waals surface area contributed by atoms with Crippen LogP contribution >= 0.6 is 0 Å². The van der Waals surface area contributed by atoms with Crippen LogP contribution in [0.2, 0.25) is 0 Å². The Labute approximate surface area is 115 Å². The zero-order valence-corrected chi connectivity index (χ0v) is 12.2. The van der Waals surface area contributed by atoms with Crippen LogP contribution in [0, 0.1) is 0 Å². The van der Waals surface area contributed by atoms with E-state index in [0.717, 1.165) is 5.56 Å². The van der Waals surface area contributed by atoms with Crippen molar-refractivity contribution < 1.29 is 13.2 Å². The molecule has 0 spiro atoms. The number of sulfone groups is 1. The Kier molecular flexibility index (Phi) is 6.44. The van der Waals surface area contributed by atoms with E-state index in [0.29, 0.717) is 12.8 Å². The van der Waals surface area contributed by atoms with E-state index < -0.39 is 9.84 Å². The first-order valence-electron chi connectivity index (χ1n) is 6.19. The third kappa shape index (κ3) is 5.69. The van der Waals surface area contributed by atoms with Crippen molar-refractivity contribution in [2.75, 3.05) is 19.1 Å². The molecule has 0 aliphatic carbocycles. The highest BCUT2D eigenvalue weighted by molar-refractivity contribution is 7.90. The predicted octanol–water partition coefficient (Wildman–Crippen LogP) is 1.03. The Hall–Kier alpha value is -0.950. The van der Waals surface area contributed by atoms with Crippen LogP contribution in [0.25, 0.3) is 0 Å². The second-order valence-electron chi connectivity index (χ2n) is 4.61. The van der Waals surface area contributed by atoms with Crippen LogP contribution in [0.4, 0.5) is 0 Å². The molecule has 0 aliphatic rings. The molecule has 1 rings (SSSR count). The van der Waals surface area contributed by atoms with Crippen molar-refractivity contribution in [2.45, 2.75) is 25.0 Å². The molecule has 0 saturated heterocycles. The Balaban J connectivity index is 2.66. The van der Waals surface area contributed by atoms with E-state index >= 15 is 0 Å². The topological polar surface area (TPSA) is 81.4 Å². The molecule has 0 aromatic heterocycles. The summed E-state index contributed by atoms with van der Waals surface area (Å²) in [5, 5.41) is 0. The maximum absolute atomic E-state index is 11.1. The monoisotopic (exact) mass is 286 g/mol. The molecule has 0 heterocycles. The van der Waals surface area contributed by atoms with Gasteiger partial charge in [0.25, 0.3) is 0 Å². The van der Waals surface area contributed by atoms with Gasteiger partial charge in [0.1, 0.15) is 9.84 Å². The summed E-state index contributed by atoms with van der Waals surface area (Å²) in [5.41, 5.74) is 3.74. The highest BCUT2D eigenvalue weighted by Gasteiger charge is 2.21. The number of ether oxygens (including phenoxy) is 1. The molecule has 0 bridgehead atoms. The third-order valence-electron chi connectivity index (χ3n) is 2.99. The van der Waals surface area contributed by atoms with Gasteiger partial charge in [-0.1, -0.05) is 30.3 Å². The first-order valence-corrected chi connectivity index (χ1v) is 8.25. The molecule has 2 unspecified atom stereocenters. The van der Waals surface area contributed by atoms with Crippen LogP contribution < -0.4 is 11.3 Å². The van der Waals surface area contributed by atoms with E-state index in [1.54, 1.807) is 7.11 Å². The van der Waals surface area contributed by atoms with Gasteiger partial charge in [-0.2, -0.15) is 0 Å². The summed E-state index contributed by atoms with van der Waals surface area (Å²) in [6.45, 7) is 0. The van der Waals surface area contributed by atoms with Gasteiger partial charge in [0.2, 0.25) is 0 Å². The second kappa shape index (κ2) is 7.59. The molecule has 0 amide bonds. The SMILES string of the molecule is COC(c1ccccc1)C(CCCS(C)(=O)=O)NN. The van der Waals surface area contributed by atoms with Gasteiger partial charge >= 0.3 is 0 Å². The van der Waals surface area contributed by atoms with Crippen LogP contribution in [0.3, 0.4) is 0 Å². The molecule has 108 valence electrons. The van der Waals surface area contributed by atoms with Crippen LogP contribution in [0.15, 0.2) is 30.3 Å². The largest absolute Gasteiger partial charge is 0.375 e. The molecule has 1 aromatic rings.